The van der Waals surface area contributed by atoms with Crippen molar-refractivity contribution in [2.45, 2.75) is 44.4 Å². The summed E-state index contributed by atoms with van der Waals surface area (Å²) in [5.74, 6) is 2.33. The minimum absolute atomic E-state index is 0.265. The number of ether oxygens (including phenoxy) is 1. The highest BCUT2D eigenvalue weighted by atomic mass is 16.5. The molecule has 128 valence electrons. The number of carbonyl (C=O) groups is 1. The predicted molar refractivity (Wildman–Crippen MR) is 87.8 cm³/mol. The smallest absolute Gasteiger partial charge is 0.231 e. The number of hydrogen-bond donors (Lipinski definition) is 0. The summed E-state index contributed by atoms with van der Waals surface area (Å²) in [5, 5.41) is 13.0. The van der Waals surface area contributed by atoms with E-state index in [0.29, 0.717) is 11.8 Å². The lowest BCUT2D eigenvalue weighted by Gasteiger charge is -2.32. The Kier molecular flexibility index (Phi) is 4.08. The summed E-state index contributed by atoms with van der Waals surface area (Å²) < 4.78 is 6.97. The zero-order valence-corrected chi connectivity index (χ0v) is 14.0. The van der Waals surface area contributed by atoms with Gasteiger partial charge in [-0.25, -0.2) is 0 Å². The maximum absolute atomic E-state index is 12.6. The number of carbonyl (C=O) groups excluding carboxylic acids is 1. The van der Waals surface area contributed by atoms with Gasteiger partial charge in [-0.15, -0.1) is 15.3 Å². The van der Waals surface area contributed by atoms with Crippen molar-refractivity contribution in [1.82, 2.24) is 24.7 Å². The van der Waals surface area contributed by atoms with Crippen molar-refractivity contribution in [3.63, 3.8) is 0 Å². The number of nitrogens with zero attached hydrogens (tertiary/aromatic N) is 5. The third-order valence-corrected chi connectivity index (χ3v) is 5.35. The number of aromatic nitrogens is 4. The predicted octanol–water partition coefficient (Wildman–Crippen LogP) is 2.03. The van der Waals surface area contributed by atoms with Gasteiger partial charge < -0.3 is 9.64 Å². The van der Waals surface area contributed by atoms with Gasteiger partial charge in [0.15, 0.2) is 11.5 Å². The van der Waals surface area contributed by atoms with Gasteiger partial charge in [0.25, 0.3) is 0 Å². The maximum Gasteiger partial charge on any atom is 0.231 e. The molecule has 0 bridgehead atoms. The van der Waals surface area contributed by atoms with Crippen LogP contribution < -0.4 is 4.74 Å². The fourth-order valence-electron chi connectivity index (χ4n) is 3.94. The summed E-state index contributed by atoms with van der Waals surface area (Å²) in [6.45, 7) is 1.61. The first-order valence-electron chi connectivity index (χ1n) is 8.81. The van der Waals surface area contributed by atoms with Crippen molar-refractivity contribution in [1.29, 1.82) is 0 Å². The molecule has 1 saturated heterocycles. The van der Waals surface area contributed by atoms with Crippen LogP contribution in [0.15, 0.2) is 12.1 Å². The van der Waals surface area contributed by atoms with Crippen LogP contribution in [0.5, 0.6) is 5.88 Å². The third-order valence-electron chi connectivity index (χ3n) is 5.35. The molecule has 4 rings (SSSR count). The Labute approximate surface area is 141 Å². The van der Waals surface area contributed by atoms with Gasteiger partial charge in [0, 0.05) is 31.0 Å². The zero-order chi connectivity index (χ0) is 16.5. The molecule has 3 heterocycles. The summed E-state index contributed by atoms with van der Waals surface area (Å²) in [5.41, 5.74) is 0.732. The van der Waals surface area contributed by atoms with Crippen LogP contribution in [-0.4, -0.2) is 50.8 Å². The van der Waals surface area contributed by atoms with E-state index in [-0.39, 0.29) is 11.8 Å². The molecule has 1 aliphatic heterocycles. The number of hydrogen-bond acceptors (Lipinski definition) is 5. The number of fused-ring (bicyclic) bond motifs is 1. The molecule has 7 heteroatoms. The molecule has 2 fully saturated rings. The Morgan fingerprint density at radius 1 is 1.12 bits per heavy atom. The summed E-state index contributed by atoms with van der Waals surface area (Å²) in [6, 6.07) is 3.65. The number of rotatable bonds is 3. The molecule has 2 aliphatic rings. The molecule has 0 radical (unpaired) electrons. The van der Waals surface area contributed by atoms with Crippen LogP contribution in [0, 0.1) is 5.92 Å². The molecular formula is C17H23N5O2. The summed E-state index contributed by atoms with van der Waals surface area (Å²) in [7, 11) is 1.60. The van der Waals surface area contributed by atoms with Crippen molar-refractivity contribution in [3.05, 3.63) is 18.0 Å². The molecule has 1 saturated carbocycles. The van der Waals surface area contributed by atoms with Crippen LogP contribution >= 0.6 is 0 Å². The molecule has 2 aromatic heterocycles. The molecule has 0 unspecified atom stereocenters. The van der Waals surface area contributed by atoms with Crippen molar-refractivity contribution in [3.8, 4) is 5.88 Å². The first-order valence-corrected chi connectivity index (χ1v) is 8.81. The lowest BCUT2D eigenvalue weighted by Crippen LogP contribution is -2.41. The molecule has 1 amide bonds. The molecule has 2 aromatic rings. The number of piperidine rings is 1. The normalized spacial score (nSPS) is 20.0. The Hall–Kier alpha value is -2.18. The largest absolute Gasteiger partial charge is 0.480 e. The molecule has 0 aromatic carbocycles. The Morgan fingerprint density at radius 2 is 1.88 bits per heavy atom. The van der Waals surface area contributed by atoms with Gasteiger partial charge in [-0.05, 0) is 31.7 Å². The molecular weight excluding hydrogens is 306 g/mol. The maximum atomic E-state index is 12.6. The Morgan fingerprint density at radius 3 is 2.58 bits per heavy atom. The first kappa shape index (κ1) is 15.4. The van der Waals surface area contributed by atoms with E-state index in [1.165, 1.54) is 12.8 Å². The van der Waals surface area contributed by atoms with Crippen LogP contribution in [0.3, 0.4) is 0 Å². The Bertz CT molecular complexity index is 730. The molecule has 7 nitrogen and oxygen atoms in total. The van der Waals surface area contributed by atoms with Gasteiger partial charge >= 0.3 is 0 Å². The van der Waals surface area contributed by atoms with E-state index in [4.69, 9.17) is 4.74 Å². The van der Waals surface area contributed by atoms with Gasteiger partial charge in [-0.3, -0.25) is 4.79 Å². The number of methoxy groups -OCH3 is 1. The topological polar surface area (TPSA) is 72.6 Å². The molecule has 0 spiro atoms. The van der Waals surface area contributed by atoms with E-state index in [1.807, 2.05) is 11.0 Å². The Balaban J connectivity index is 1.46. The highest BCUT2D eigenvalue weighted by Crippen LogP contribution is 2.31. The summed E-state index contributed by atoms with van der Waals surface area (Å²) in [4.78, 5) is 14.6. The van der Waals surface area contributed by atoms with Crippen molar-refractivity contribution in [2.75, 3.05) is 20.2 Å². The second-order valence-electron chi connectivity index (χ2n) is 6.78. The van der Waals surface area contributed by atoms with E-state index in [0.717, 1.165) is 50.2 Å². The van der Waals surface area contributed by atoms with Crippen LogP contribution in [0.25, 0.3) is 5.65 Å². The summed E-state index contributed by atoms with van der Waals surface area (Å²) in [6.07, 6.45) is 6.36. The van der Waals surface area contributed by atoms with Gasteiger partial charge in [0.2, 0.25) is 11.8 Å². The lowest BCUT2D eigenvalue weighted by atomic mass is 9.94. The molecule has 1 aliphatic carbocycles. The molecule has 0 atom stereocenters. The second-order valence-corrected chi connectivity index (χ2v) is 6.78. The highest BCUT2D eigenvalue weighted by Gasteiger charge is 2.31. The van der Waals surface area contributed by atoms with Crippen LogP contribution in [-0.2, 0) is 4.79 Å². The monoisotopic (exact) mass is 329 g/mol. The van der Waals surface area contributed by atoms with Crippen molar-refractivity contribution >= 4 is 11.6 Å². The fourth-order valence-corrected chi connectivity index (χ4v) is 3.94. The minimum atomic E-state index is 0.265. The van der Waals surface area contributed by atoms with E-state index in [2.05, 4.69) is 15.3 Å². The van der Waals surface area contributed by atoms with Gasteiger partial charge in [-0.1, -0.05) is 12.8 Å². The fraction of sp³-hybridized carbons (Fsp3) is 0.647. The van der Waals surface area contributed by atoms with E-state index in [9.17, 15) is 4.79 Å². The van der Waals surface area contributed by atoms with Gasteiger partial charge in [0.1, 0.15) is 0 Å². The van der Waals surface area contributed by atoms with Crippen LogP contribution in [0.4, 0.5) is 0 Å². The standard InChI is InChI=1S/C17H23N5O2/c1-24-15-7-6-14-18-19-16(22(14)20-15)12-8-10-21(11-9-12)17(23)13-4-2-3-5-13/h6-7,12-13H,2-5,8-11H2,1H3. The average Bonchev–Trinajstić information content (AvgIpc) is 3.30. The molecule has 24 heavy (non-hydrogen) atoms. The SMILES string of the molecule is COc1ccc2nnc(C3CCN(C(=O)C4CCCC4)CC3)n2n1. The summed E-state index contributed by atoms with van der Waals surface area (Å²) >= 11 is 0. The number of likely N-dealkylation sites (tertiary alicyclic amines) is 1. The minimum Gasteiger partial charge on any atom is -0.480 e. The average molecular weight is 329 g/mol. The lowest BCUT2D eigenvalue weighted by molar-refractivity contribution is -0.136. The van der Waals surface area contributed by atoms with Crippen molar-refractivity contribution in [2.24, 2.45) is 5.92 Å². The van der Waals surface area contributed by atoms with E-state index >= 15 is 0 Å². The number of amides is 1. The van der Waals surface area contributed by atoms with Crippen LogP contribution in [0.1, 0.15) is 50.3 Å². The quantitative estimate of drug-likeness (QED) is 0.861. The van der Waals surface area contributed by atoms with E-state index < -0.39 is 0 Å². The van der Waals surface area contributed by atoms with Gasteiger partial charge in [-0.2, -0.15) is 4.52 Å². The molecule has 0 N–H and O–H groups in total. The third kappa shape index (κ3) is 2.72. The highest BCUT2D eigenvalue weighted by molar-refractivity contribution is 5.79. The van der Waals surface area contributed by atoms with Gasteiger partial charge in [0.05, 0.1) is 7.11 Å². The van der Waals surface area contributed by atoms with E-state index in [1.54, 1.807) is 17.7 Å². The first-order chi connectivity index (χ1) is 11.8. The second kappa shape index (κ2) is 6.37. The zero-order valence-electron chi connectivity index (χ0n) is 14.0. The van der Waals surface area contributed by atoms with Crippen LogP contribution in [0.2, 0.25) is 0 Å². The van der Waals surface area contributed by atoms with Crippen molar-refractivity contribution < 1.29 is 9.53 Å².